The highest BCUT2D eigenvalue weighted by atomic mass is 32.1. The standard InChI is InChI=1S/C15H20N4O2S/c1-10-9-22-14(18-10)8-17-15(16-2)19-11-5-6-12(20-3)13(7-11)21-4/h5-7,9H,8H2,1-4H3,(H2,16,17,19). The number of nitrogens with one attached hydrogen (secondary N) is 2. The van der Waals surface area contributed by atoms with E-state index in [0.29, 0.717) is 24.0 Å². The number of anilines is 1. The molecule has 0 saturated heterocycles. The summed E-state index contributed by atoms with van der Waals surface area (Å²) in [6.07, 6.45) is 0. The maximum Gasteiger partial charge on any atom is 0.195 e. The molecule has 1 aromatic carbocycles. The van der Waals surface area contributed by atoms with Crippen LogP contribution in [0.1, 0.15) is 10.7 Å². The van der Waals surface area contributed by atoms with E-state index < -0.39 is 0 Å². The quantitative estimate of drug-likeness (QED) is 0.655. The summed E-state index contributed by atoms with van der Waals surface area (Å²) in [5.41, 5.74) is 1.89. The summed E-state index contributed by atoms with van der Waals surface area (Å²) in [7, 11) is 4.95. The molecule has 6 nitrogen and oxygen atoms in total. The largest absolute Gasteiger partial charge is 0.493 e. The van der Waals surface area contributed by atoms with Crippen LogP contribution >= 0.6 is 11.3 Å². The van der Waals surface area contributed by atoms with Gasteiger partial charge in [-0.2, -0.15) is 0 Å². The van der Waals surface area contributed by atoms with Gasteiger partial charge in [0.2, 0.25) is 0 Å². The number of aliphatic imine (C=N–C) groups is 1. The number of methoxy groups -OCH3 is 2. The Bertz CT molecular complexity index is 655. The van der Waals surface area contributed by atoms with E-state index in [9.17, 15) is 0 Å². The number of aromatic nitrogens is 1. The van der Waals surface area contributed by atoms with Gasteiger partial charge in [0.1, 0.15) is 5.01 Å². The summed E-state index contributed by atoms with van der Waals surface area (Å²) in [4.78, 5) is 8.61. The molecule has 7 heteroatoms. The van der Waals surface area contributed by atoms with E-state index in [4.69, 9.17) is 9.47 Å². The van der Waals surface area contributed by atoms with Gasteiger partial charge < -0.3 is 20.1 Å². The molecule has 1 aromatic heterocycles. The zero-order valence-corrected chi connectivity index (χ0v) is 14.0. The number of aryl methyl sites for hydroxylation is 1. The van der Waals surface area contributed by atoms with Crippen LogP contribution in [0.3, 0.4) is 0 Å². The highest BCUT2D eigenvalue weighted by molar-refractivity contribution is 7.09. The Morgan fingerprint density at radius 1 is 1.27 bits per heavy atom. The number of nitrogens with zero attached hydrogens (tertiary/aromatic N) is 2. The molecule has 22 heavy (non-hydrogen) atoms. The van der Waals surface area contributed by atoms with E-state index in [1.807, 2.05) is 30.5 Å². The van der Waals surface area contributed by atoms with Gasteiger partial charge in [-0.05, 0) is 19.1 Å². The molecule has 2 aromatic rings. The topological polar surface area (TPSA) is 67.8 Å². The van der Waals surface area contributed by atoms with E-state index in [1.54, 1.807) is 32.6 Å². The molecule has 0 aliphatic carbocycles. The Kier molecular flexibility index (Phi) is 5.60. The van der Waals surface area contributed by atoms with Crippen molar-refractivity contribution in [2.75, 3.05) is 26.6 Å². The molecule has 0 aliphatic heterocycles. The molecule has 0 atom stereocenters. The number of benzene rings is 1. The first kappa shape index (κ1) is 16.1. The first-order valence-electron chi connectivity index (χ1n) is 6.77. The van der Waals surface area contributed by atoms with Crippen LogP contribution in [0.25, 0.3) is 0 Å². The predicted molar refractivity (Wildman–Crippen MR) is 90.2 cm³/mol. The Morgan fingerprint density at radius 3 is 2.64 bits per heavy atom. The second kappa shape index (κ2) is 7.65. The van der Waals surface area contributed by atoms with Crippen molar-refractivity contribution in [2.45, 2.75) is 13.5 Å². The number of guanidine groups is 1. The van der Waals surface area contributed by atoms with E-state index in [-0.39, 0.29) is 0 Å². The fraction of sp³-hybridized carbons (Fsp3) is 0.333. The van der Waals surface area contributed by atoms with Gasteiger partial charge in [-0.15, -0.1) is 11.3 Å². The molecule has 0 amide bonds. The van der Waals surface area contributed by atoms with Gasteiger partial charge in [-0.25, -0.2) is 4.98 Å². The second-order valence-electron chi connectivity index (χ2n) is 4.50. The average molecular weight is 320 g/mol. The van der Waals surface area contributed by atoms with Crippen molar-refractivity contribution in [3.8, 4) is 11.5 Å². The molecule has 2 N–H and O–H groups in total. The van der Waals surface area contributed by atoms with E-state index in [0.717, 1.165) is 16.4 Å². The van der Waals surface area contributed by atoms with Crippen molar-refractivity contribution in [3.05, 3.63) is 34.3 Å². The lowest BCUT2D eigenvalue weighted by Crippen LogP contribution is -2.30. The summed E-state index contributed by atoms with van der Waals surface area (Å²) < 4.78 is 10.5. The van der Waals surface area contributed by atoms with Crippen molar-refractivity contribution < 1.29 is 9.47 Å². The lowest BCUT2D eigenvalue weighted by Gasteiger charge is -2.13. The van der Waals surface area contributed by atoms with Gasteiger partial charge in [-0.3, -0.25) is 4.99 Å². The molecular weight excluding hydrogens is 300 g/mol. The van der Waals surface area contributed by atoms with Crippen LogP contribution in [0.4, 0.5) is 5.69 Å². The Morgan fingerprint density at radius 2 is 2.05 bits per heavy atom. The van der Waals surface area contributed by atoms with Crippen molar-refractivity contribution in [1.82, 2.24) is 10.3 Å². The molecule has 0 radical (unpaired) electrons. The summed E-state index contributed by atoms with van der Waals surface area (Å²) in [6, 6.07) is 5.61. The van der Waals surface area contributed by atoms with Gasteiger partial charge in [0.05, 0.1) is 20.8 Å². The Balaban J connectivity index is 2.01. The van der Waals surface area contributed by atoms with Crippen molar-refractivity contribution in [1.29, 1.82) is 0 Å². The monoisotopic (exact) mass is 320 g/mol. The number of hydrogen-bond acceptors (Lipinski definition) is 5. The van der Waals surface area contributed by atoms with E-state index in [2.05, 4.69) is 20.6 Å². The van der Waals surface area contributed by atoms with Crippen molar-refractivity contribution in [2.24, 2.45) is 4.99 Å². The lowest BCUT2D eigenvalue weighted by molar-refractivity contribution is 0.355. The van der Waals surface area contributed by atoms with Gasteiger partial charge >= 0.3 is 0 Å². The highest BCUT2D eigenvalue weighted by Gasteiger charge is 2.07. The van der Waals surface area contributed by atoms with Gasteiger partial charge in [0, 0.05) is 29.9 Å². The van der Waals surface area contributed by atoms with Crippen LogP contribution < -0.4 is 20.1 Å². The maximum absolute atomic E-state index is 5.29. The fourth-order valence-electron chi connectivity index (χ4n) is 1.87. The Hall–Kier alpha value is -2.28. The summed E-state index contributed by atoms with van der Waals surface area (Å²) in [6.45, 7) is 2.61. The zero-order valence-electron chi connectivity index (χ0n) is 13.1. The van der Waals surface area contributed by atoms with Crippen molar-refractivity contribution >= 4 is 23.0 Å². The second-order valence-corrected chi connectivity index (χ2v) is 5.45. The summed E-state index contributed by atoms with van der Waals surface area (Å²) in [5, 5.41) is 9.49. The third-order valence-electron chi connectivity index (χ3n) is 2.94. The molecule has 0 bridgehead atoms. The van der Waals surface area contributed by atoms with Gasteiger partial charge in [-0.1, -0.05) is 0 Å². The maximum atomic E-state index is 5.29. The van der Waals surface area contributed by atoms with Crippen LogP contribution in [-0.2, 0) is 6.54 Å². The number of thiazole rings is 1. The molecule has 0 spiro atoms. The highest BCUT2D eigenvalue weighted by Crippen LogP contribution is 2.29. The average Bonchev–Trinajstić information content (AvgIpc) is 2.96. The van der Waals surface area contributed by atoms with Gasteiger partial charge in [0.25, 0.3) is 0 Å². The summed E-state index contributed by atoms with van der Waals surface area (Å²) >= 11 is 1.63. The number of ether oxygens (including phenoxy) is 2. The van der Waals surface area contributed by atoms with Crippen LogP contribution in [0.5, 0.6) is 11.5 Å². The molecule has 118 valence electrons. The fourth-order valence-corrected chi connectivity index (χ4v) is 2.58. The molecule has 0 saturated carbocycles. The molecular formula is C15H20N4O2S. The SMILES string of the molecule is CN=C(NCc1nc(C)cs1)Nc1ccc(OC)c(OC)c1. The third kappa shape index (κ3) is 4.11. The van der Waals surface area contributed by atoms with Crippen LogP contribution in [0.2, 0.25) is 0 Å². The normalized spacial score (nSPS) is 11.2. The smallest absolute Gasteiger partial charge is 0.195 e. The number of rotatable bonds is 5. The van der Waals surface area contributed by atoms with Crippen LogP contribution in [0.15, 0.2) is 28.6 Å². The molecule has 0 aliphatic rings. The predicted octanol–water partition coefficient (Wildman–Crippen LogP) is 2.66. The number of hydrogen-bond donors (Lipinski definition) is 2. The minimum atomic E-state index is 0.630. The lowest BCUT2D eigenvalue weighted by atomic mass is 10.3. The van der Waals surface area contributed by atoms with Gasteiger partial charge in [0.15, 0.2) is 17.5 Å². The van der Waals surface area contributed by atoms with E-state index in [1.165, 1.54) is 0 Å². The minimum Gasteiger partial charge on any atom is -0.493 e. The first-order chi connectivity index (χ1) is 10.7. The molecule has 0 unspecified atom stereocenters. The van der Waals surface area contributed by atoms with Crippen molar-refractivity contribution in [3.63, 3.8) is 0 Å². The zero-order chi connectivity index (χ0) is 15.9. The molecule has 1 heterocycles. The van der Waals surface area contributed by atoms with Crippen LogP contribution in [0, 0.1) is 6.92 Å². The third-order valence-corrected chi connectivity index (χ3v) is 3.91. The van der Waals surface area contributed by atoms with Crippen LogP contribution in [-0.4, -0.2) is 32.2 Å². The molecule has 0 fully saturated rings. The first-order valence-corrected chi connectivity index (χ1v) is 7.65. The van der Waals surface area contributed by atoms with E-state index >= 15 is 0 Å². The summed E-state index contributed by atoms with van der Waals surface area (Å²) in [5.74, 6) is 2.02. The minimum absolute atomic E-state index is 0.630. The Labute approximate surface area is 134 Å². The molecule has 2 rings (SSSR count).